The highest BCUT2D eigenvalue weighted by Gasteiger charge is 2.26. The number of anilines is 2. The van der Waals surface area contributed by atoms with Crippen molar-refractivity contribution in [1.29, 1.82) is 0 Å². The summed E-state index contributed by atoms with van der Waals surface area (Å²) in [5.74, 6) is -1.26. The van der Waals surface area contributed by atoms with Gasteiger partial charge >= 0.3 is 5.97 Å². The molecule has 0 fully saturated rings. The number of benzene rings is 2. The molecule has 110 valence electrons. The Labute approximate surface area is 139 Å². The number of rotatable bonds is 3. The Bertz CT molecular complexity index is 800. The van der Waals surface area contributed by atoms with E-state index in [1.54, 1.807) is 12.1 Å². The molecule has 3 rings (SSSR count). The zero-order valence-corrected chi connectivity index (χ0v) is 13.3. The number of hydrazone groups is 1. The van der Waals surface area contributed by atoms with Crippen LogP contribution in [0, 0.1) is 3.57 Å². The van der Waals surface area contributed by atoms with Crippen LogP contribution >= 0.6 is 22.6 Å². The van der Waals surface area contributed by atoms with Gasteiger partial charge in [0.25, 0.3) is 5.91 Å². The number of nitrogens with zero attached hydrogens (tertiary/aromatic N) is 1. The van der Waals surface area contributed by atoms with Gasteiger partial charge in [-0.3, -0.25) is 10.2 Å². The number of hydrogen-bond donors (Lipinski definition) is 3. The van der Waals surface area contributed by atoms with Crippen LogP contribution in [0.4, 0.5) is 11.4 Å². The second kappa shape index (κ2) is 5.76. The number of carbonyl (C=O) groups is 2. The molecule has 2 aromatic rings. The quantitative estimate of drug-likeness (QED) is 0.539. The van der Waals surface area contributed by atoms with Gasteiger partial charge in [-0.1, -0.05) is 0 Å². The lowest BCUT2D eigenvalue weighted by Gasteiger charge is -2.02. The zero-order chi connectivity index (χ0) is 15.7. The van der Waals surface area contributed by atoms with Crippen LogP contribution in [0.1, 0.15) is 15.9 Å². The van der Waals surface area contributed by atoms with Gasteiger partial charge in [-0.15, -0.1) is 0 Å². The molecule has 0 aliphatic carbocycles. The highest BCUT2D eigenvalue weighted by molar-refractivity contribution is 14.1. The Morgan fingerprint density at radius 1 is 1.18 bits per heavy atom. The number of fused-ring (bicyclic) bond motifs is 1. The molecule has 0 saturated heterocycles. The van der Waals surface area contributed by atoms with Crippen LogP contribution in [0.5, 0.6) is 0 Å². The van der Waals surface area contributed by atoms with E-state index >= 15 is 0 Å². The van der Waals surface area contributed by atoms with E-state index in [0.717, 1.165) is 14.8 Å². The third-order valence-corrected chi connectivity index (χ3v) is 3.80. The maximum Gasteiger partial charge on any atom is 0.335 e. The first-order chi connectivity index (χ1) is 10.5. The summed E-state index contributed by atoms with van der Waals surface area (Å²) in [6.07, 6.45) is 0. The first-order valence-electron chi connectivity index (χ1n) is 6.33. The van der Waals surface area contributed by atoms with Gasteiger partial charge in [0.05, 0.1) is 16.9 Å². The van der Waals surface area contributed by atoms with Crippen molar-refractivity contribution in [1.82, 2.24) is 0 Å². The van der Waals surface area contributed by atoms with Crippen molar-refractivity contribution in [2.75, 3.05) is 10.7 Å². The summed E-state index contributed by atoms with van der Waals surface area (Å²) in [6, 6.07) is 11.7. The summed E-state index contributed by atoms with van der Waals surface area (Å²) < 4.78 is 1.01. The van der Waals surface area contributed by atoms with E-state index in [1.165, 1.54) is 12.1 Å². The van der Waals surface area contributed by atoms with Gasteiger partial charge in [0.2, 0.25) is 0 Å². The number of nitrogens with one attached hydrogen (secondary N) is 2. The van der Waals surface area contributed by atoms with Crippen LogP contribution in [0.2, 0.25) is 0 Å². The molecule has 2 aromatic carbocycles. The zero-order valence-electron chi connectivity index (χ0n) is 11.1. The van der Waals surface area contributed by atoms with Gasteiger partial charge in [0.1, 0.15) is 0 Å². The van der Waals surface area contributed by atoms with Gasteiger partial charge in [0, 0.05) is 9.13 Å². The second-order valence-corrected chi connectivity index (χ2v) is 5.84. The van der Waals surface area contributed by atoms with Gasteiger partial charge < -0.3 is 10.4 Å². The van der Waals surface area contributed by atoms with E-state index < -0.39 is 5.97 Å². The van der Waals surface area contributed by atoms with Crippen LogP contribution in [-0.2, 0) is 4.79 Å². The average Bonchev–Trinajstić information content (AvgIpc) is 2.80. The highest BCUT2D eigenvalue weighted by Crippen LogP contribution is 2.25. The fourth-order valence-corrected chi connectivity index (χ4v) is 2.54. The molecule has 0 atom stereocenters. The standard InChI is InChI=1S/C15H10IN3O3/c16-9-3-6-12-11(7-9)13(14(20)17-12)19-18-10-4-1-8(2-5-10)15(21)22/h1-7,18H,(H,21,22)(H,17,19,20). The first kappa shape index (κ1) is 14.5. The van der Waals surface area contributed by atoms with Crippen molar-refractivity contribution < 1.29 is 14.7 Å². The molecular weight excluding hydrogens is 397 g/mol. The first-order valence-corrected chi connectivity index (χ1v) is 7.41. The SMILES string of the molecule is O=C1Nc2ccc(I)cc2/C1=N/Nc1ccc(C(=O)O)cc1. The Balaban J connectivity index is 1.85. The summed E-state index contributed by atoms with van der Waals surface area (Å²) >= 11 is 2.17. The Morgan fingerprint density at radius 2 is 1.91 bits per heavy atom. The molecule has 6 nitrogen and oxygen atoms in total. The molecule has 1 aliphatic heterocycles. The molecule has 22 heavy (non-hydrogen) atoms. The van der Waals surface area contributed by atoms with Gasteiger partial charge in [-0.25, -0.2) is 4.79 Å². The highest BCUT2D eigenvalue weighted by atomic mass is 127. The number of hydrogen-bond acceptors (Lipinski definition) is 4. The monoisotopic (exact) mass is 407 g/mol. The Morgan fingerprint density at radius 3 is 2.59 bits per heavy atom. The molecule has 1 aliphatic rings. The maximum atomic E-state index is 11.9. The number of aromatic carboxylic acids is 1. The third-order valence-electron chi connectivity index (χ3n) is 3.13. The summed E-state index contributed by atoms with van der Waals surface area (Å²) in [5, 5.41) is 15.7. The molecule has 0 spiro atoms. The number of carboxylic acid groups (broad SMARTS) is 1. The van der Waals surface area contributed by atoms with Crippen molar-refractivity contribution in [2.45, 2.75) is 0 Å². The van der Waals surface area contributed by atoms with Crippen LogP contribution in [0.25, 0.3) is 0 Å². The lowest BCUT2D eigenvalue weighted by Crippen LogP contribution is -2.15. The van der Waals surface area contributed by atoms with E-state index in [2.05, 4.69) is 38.4 Å². The maximum absolute atomic E-state index is 11.9. The minimum absolute atomic E-state index is 0.191. The van der Waals surface area contributed by atoms with Crippen LogP contribution < -0.4 is 10.7 Å². The van der Waals surface area contributed by atoms with E-state index in [9.17, 15) is 9.59 Å². The van der Waals surface area contributed by atoms with Crippen molar-refractivity contribution in [3.63, 3.8) is 0 Å². The summed E-state index contributed by atoms with van der Waals surface area (Å²) in [5.41, 5.74) is 5.34. The van der Waals surface area contributed by atoms with Crippen LogP contribution in [0.15, 0.2) is 47.6 Å². The molecule has 0 saturated carbocycles. The molecule has 0 aromatic heterocycles. The van der Waals surface area contributed by atoms with E-state index in [1.807, 2.05) is 18.2 Å². The van der Waals surface area contributed by atoms with Crippen molar-refractivity contribution >= 4 is 51.6 Å². The van der Waals surface area contributed by atoms with Gasteiger partial charge in [-0.2, -0.15) is 5.10 Å². The molecule has 7 heteroatoms. The van der Waals surface area contributed by atoms with Gasteiger partial charge in [0.15, 0.2) is 5.71 Å². The smallest absolute Gasteiger partial charge is 0.335 e. The summed E-state index contributed by atoms with van der Waals surface area (Å²) in [4.78, 5) is 22.7. The van der Waals surface area contributed by atoms with Crippen LogP contribution in [0.3, 0.4) is 0 Å². The predicted molar refractivity (Wildman–Crippen MR) is 91.3 cm³/mol. The molecule has 0 bridgehead atoms. The van der Waals surface area contributed by atoms with E-state index in [4.69, 9.17) is 5.11 Å². The summed E-state index contributed by atoms with van der Waals surface area (Å²) in [7, 11) is 0. The van der Waals surface area contributed by atoms with E-state index in [-0.39, 0.29) is 11.5 Å². The molecule has 0 unspecified atom stereocenters. The predicted octanol–water partition coefficient (Wildman–Crippen LogP) is 2.76. The summed E-state index contributed by atoms with van der Waals surface area (Å²) in [6.45, 7) is 0. The largest absolute Gasteiger partial charge is 0.478 e. The molecular formula is C15H10IN3O3. The minimum Gasteiger partial charge on any atom is -0.478 e. The fraction of sp³-hybridized carbons (Fsp3) is 0. The molecule has 0 radical (unpaired) electrons. The minimum atomic E-state index is -0.989. The van der Waals surface area contributed by atoms with E-state index in [0.29, 0.717) is 11.4 Å². The number of halogens is 1. The normalized spacial score (nSPS) is 14.6. The van der Waals surface area contributed by atoms with Crippen molar-refractivity contribution in [2.24, 2.45) is 5.10 Å². The third kappa shape index (κ3) is 2.80. The number of carbonyl (C=O) groups excluding carboxylic acids is 1. The second-order valence-electron chi connectivity index (χ2n) is 4.60. The van der Waals surface area contributed by atoms with Crippen LogP contribution in [-0.4, -0.2) is 22.7 Å². The average molecular weight is 407 g/mol. The molecule has 3 N–H and O–H groups in total. The molecule has 1 heterocycles. The van der Waals surface area contributed by atoms with Crippen molar-refractivity contribution in [3.05, 3.63) is 57.2 Å². The lowest BCUT2D eigenvalue weighted by molar-refractivity contribution is -0.110. The lowest BCUT2D eigenvalue weighted by atomic mass is 10.1. The number of amides is 1. The Hall–Kier alpha value is -2.42. The van der Waals surface area contributed by atoms with Crippen molar-refractivity contribution in [3.8, 4) is 0 Å². The molecule has 1 amide bonds. The van der Waals surface area contributed by atoms with Gasteiger partial charge in [-0.05, 0) is 65.1 Å². The number of carboxylic acids is 1. The Kier molecular flexibility index (Phi) is 3.80. The topological polar surface area (TPSA) is 90.8 Å². The fourth-order valence-electron chi connectivity index (χ4n) is 2.04.